The van der Waals surface area contributed by atoms with E-state index in [1.165, 1.54) is 22.5 Å². The zero-order valence-corrected chi connectivity index (χ0v) is 19.7. The van der Waals surface area contributed by atoms with Crippen molar-refractivity contribution in [1.82, 2.24) is 25.0 Å². The van der Waals surface area contributed by atoms with E-state index >= 15 is 0 Å². The Balaban J connectivity index is 1.47. The van der Waals surface area contributed by atoms with E-state index in [9.17, 15) is 24.1 Å². The van der Waals surface area contributed by atoms with Gasteiger partial charge in [0.25, 0.3) is 0 Å². The van der Waals surface area contributed by atoms with E-state index in [1.54, 1.807) is 6.07 Å². The van der Waals surface area contributed by atoms with E-state index in [4.69, 9.17) is 4.74 Å². The lowest BCUT2D eigenvalue weighted by Gasteiger charge is -2.19. The van der Waals surface area contributed by atoms with Gasteiger partial charge in [0.05, 0.1) is 13.2 Å². The van der Waals surface area contributed by atoms with Gasteiger partial charge in [-0.25, -0.2) is 23.4 Å². The van der Waals surface area contributed by atoms with Crippen LogP contribution in [0.5, 0.6) is 0 Å². The first-order chi connectivity index (χ1) is 16.9. The van der Waals surface area contributed by atoms with Gasteiger partial charge in [-0.1, -0.05) is 30.0 Å². The lowest BCUT2D eigenvalue weighted by Crippen LogP contribution is -2.33. The van der Waals surface area contributed by atoms with Crippen molar-refractivity contribution in [1.29, 1.82) is 0 Å². The van der Waals surface area contributed by atoms with Gasteiger partial charge in [0, 0.05) is 17.7 Å². The number of rotatable bonds is 9. The molecule has 2 aliphatic rings. The molecule has 0 spiro atoms. The molecule has 2 fully saturated rings. The largest absolute Gasteiger partial charge is 0.394 e. The fourth-order valence-electron chi connectivity index (χ4n) is 4.44. The van der Waals surface area contributed by atoms with Gasteiger partial charge in [-0.05, 0) is 30.5 Å². The van der Waals surface area contributed by atoms with Crippen LogP contribution in [-0.2, 0) is 4.74 Å². The molecule has 1 saturated carbocycles. The molecular formula is C22H26F2N6O4S. The maximum atomic E-state index is 13.7. The predicted octanol–water partition coefficient (Wildman–Crippen LogP) is 1.62. The molecule has 3 heterocycles. The fourth-order valence-corrected chi connectivity index (χ4v) is 5.13. The Labute approximate surface area is 203 Å². The van der Waals surface area contributed by atoms with Crippen molar-refractivity contribution in [2.75, 3.05) is 24.3 Å². The average molecular weight is 509 g/mol. The average Bonchev–Trinajstić information content (AvgIpc) is 3.37. The van der Waals surface area contributed by atoms with E-state index in [-0.39, 0.29) is 18.6 Å². The quantitative estimate of drug-likeness (QED) is 0.249. The van der Waals surface area contributed by atoms with Crippen LogP contribution in [0.1, 0.15) is 37.3 Å². The molecule has 35 heavy (non-hydrogen) atoms. The molecule has 1 aromatic carbocycles. The predicted molar refractivity (Wildman–Crippen MR) is 123 cm³/mol. The van der Waals surface area contributed by atoms with Crippen LogP contribution in [0.15, 0.2) is 23.4 Å². The lowest BCUT2D eigenvalue weighted by molar-refractivity contribution is -0.0363. The van der Waals surface area contributed by atoms with Gasteiger partial charge in [-0.2, -0.15) is 0 Å². The van der Waals surface area contributed by atoms with Crippen LogP contribution in [0.2, 0.25) is 0 Å². The van der Waals surface area contributed by atoms with Crippen LogP contribution < -0.4 is 5.32 Å². The van der Waals surface area contributed by atoms with Gasteiger partial charge >= 0.3 is 0 Å². The van der Waals surface area contributed by atoms with Gasteiger partial charge in [-0.3, -0.25) is 0 Å². The minimum Gasteiger partial charge on any atom is -0.394 e. The summed E-state index contributed by atoms with van der Waals surface area (Å²) in [5.41, 5.74) is 1.43. The van der Waals surface area contributed by atoms with E-state index in [1.807, 2.05) is 6.92 Å². The summed E-state index contributed by atoms with van der Waals surface area (Å²) in [5, 5.41) is 42.3. The molecule has 1 saturated heterocycles. The number of hydrogen-bond donors (Lipinski definition) is 4. The summed E-state index contributed by atoms with van der Waals surface area (Å²) in [6.45, 7) is 1.25. The molecule has 3 aromatic rings. The number of halogens is 2. The van der Waals surface area contributed by atoms with Crippen molar-refractivity contribution in [3.63, 3.8) is 0 Å². The fraction of sp³-hybridized carbons (Fsp3) is 0.545. The molecule has 1 aliphatic carbocycles. The van der Waals surface area contributed by atoms with E-state index in [0.717, 1.165) is 18.2 Å². The number of fused-ring (bicyclic) bond motifs is 1. The summed E-state index contributed by atoms with van der Waals surface area (Å²) in [7, 11) is 0. The molecule has 13 heteroatoms. The second-order valence-electron chi connectivity index (χ2n) is 8.74. The molecule has 188 valence electrons. The third-order valence-corrected chi connectivity index (χ3v) is 7.38. The second-order valence-corrected chi connectivity index (χ2v) is 9.80. The maximum Gasteiger partial charge on any atom is 0.191 e. The molecule has 0 bridgehead atoms. The Morgan fingerprint density at radius 3 is 2.69 bits per heavy atom. The molecular weight excluding hydrogens is 482 g/mol. The van der Waals surface area contributed by atoms with Crippen molar-refractivity contribution in [2.45, 2.75) is 61.2 Å². The van der Waals surface area contributed by atoms with Crippen LogP contribution in [0.3, 0.4) is 0 Å². The third kappa shape index (κ3) is 4.58. The highest BCUT2D eigenvalue weighted by Gasteiger charge is 2.46. The SMILES string of the molecule is CCCSc1nc(N[C@@H]2C[C@H]2c2ccc(F)c(F)c2)c2nnn([C@@H]3[C@@H](O)[C@H](CO)O[C@H]3CO)c2n1. The second kappa shape index (κ2) is 9.90. The summed E-state index contributed by atoms with van der Waals surface area (Å²) < 4.78 is 34.0. The summed E-state index contributed by atoms with van der Waals surface area (Å²) in [6, 6.07) is 3.05. The summed E-state index contributed by atoms with van der Waals surface area (Å²) >= 11 is 1.46. The van der Waals surface area contributed by atoms with E-state index in [2.05, 4.69) is 25.6 Å². The van der Waals surface area contributed by atoms with Crippen LogP contribution >= 0.6 is 11.8 Å². The van der Waals surface area contributed by atoms with E-state index in [0.29, 0.717) is 34.1 Å². The van der Waals surface area contributed by atoms with Crippen molar-refractivity contribution < 1.29 is 28.8 Å². The van der Waals surface area contributed by atoms with Crippen LogP contribution in [-0.4, -0.2) is 83.6 Å². The Morgan fingerprint density at radius 2 is 1.97 bits per heavy atom. The first-order valence-electron chi connectivity index (χ1n) is 11.5. The topological polar surface area (TPSA) is 138 Å². The summed E-state index contributed by atoms with van der Waals surface area (Å²) in [4.78, 5) is 9.22. The number of ether oxygens (including phenoxy) is 1. The zero-order valence-electron chi connectivity index (χ0n) is 18.9. The molecule has 2 aromatic heterocycles. The Bertz CT molecular complexity index is 1210. The van der Waals surface area contributed by atoms with Gasteiger partial charge < -0.3 is 25.4 Å². The van der Waals surface area contributed by atoms with Crippen LogP contribution in [0.4, 0.5) is 14.6 Å². The van der Waals surface area contributed by atoms with Gasteiger partial charge in [0.2, 0.25) is 0 Å². The standard InChI is InChI=1S/C22H26F2N6O4S/c1-2-5-35-22-26-20(25-14-7-11(14)10-3-4-12(23)13(24)6-10)17-21(27-22)30(29-28-17)18-15(8-31)34-16(9-32)19(18)33/h3-4,6,11,14-16,18-19,31-33H,2,5,7-9H2,1H3,(H,25,26,27)/t11-,14+,15-,16-,18-,19-/m0/s1. The smallest absolute Gasteiger partial charge is 0.191 e. The molecule has 5 rings (SSSR count). The maximum absolute atomic E-state index is 13.7. The van der Waals surface area contributed by atoms with Crippen LogP contribution in [0, 0.1) is 11.6 Å². The highest BCUT2D eigenvalue weighted by Crippen LogP contribution is 2.44. The zero-order chi connectivity index (χ0) is 24.7. The number of nitrogens with one attached hydrogen (secondary N) is 1. The first kappa shape index (κ1) is 24.3. The van der Waals surface area contributed by atoms with E-state index < -0.39 is 42.6 Å². The van der Waals surface area contributed by atoms with Crippen molar-refractivity contribution in [3.8, 4) is 0 Å². The molecule has 6 atom stereocenters. The summed E-state index contributed by atoms with van der Waals surface area (Å²) in [5.74, 6) is -0.535. The number of thioether (sulfide) groups is 1. The number of anilines is 1. The minimum absolute atomic E-state index is 0.00830. The van der Waals surface area contributed by atoms with Crippen molar-refractivity contribution in [2.24, 2.45) is 0 Å². The highest BCUT2D eigenvalue weighted by atomic mass is 32.2. The lowest BCUT2D eigenvalue weighted by atomic mass is 10.1. The minimum atomic E-state index is -1.12. The Morgan fingerprint density at radius 1 is 1.17 bits per heavy atom. The normalized spacial score (nSPS) is 28.1. The molecule has 0 radical (unpaired) electrons. The molecule has 0 unspecified atom stereocenters. The van der Waals surface area contributed by atoms with Crippen LogP contribution in [0.25, 0.3) is 11.2 Å². The number of aromatic nitrogens is 5. The van der Waals surface area contributed by atoms with Gasteiger partial charge in [0.15, 0.2) is 33.8 Å². The monoisotopic (exact) mass is 508 g/mol. The Hall–Kier alpha value is -2.45. The molecule has 0 amide bonds. The highest BCUT2D eigenvalue weighted by molar-refractivity contribution is 7.99. The van der Waals surface area contributed by atoms with Gasteiger partial charge in [-0.15, -0.1) is 5.10 Å². The summed E-state index contributed by atoms with van der Waals surface area (Å²) in [6.07, 6.45) is -1.17. The molecule has 1 aliphatic heterocycles. The Kier molecular flexibility index (Phi) is 6.86. The third-order valence-electron chi connectivity index (χ3n) is 6.33. The van der Waals surface area contributed by atoms with Crippen molar-refractivity contribution in [3.05, 3.63) is 35.4 Å². The van der Waals surface area contributed by atoms with Crippen molar-refractivity contribution >= 4 is 28.7 Å². The van der Waals surface area contributed by atoms with Gasteiger partial charge in [0.1, 0.15) is 24.4 Å². The molecule has 4 N–H and O–H groups in total. The first-order valence-corrected chi connectivity index (χ1v) is 12.5. The number of aliphatic hydroxyl groups excluding tert-OH is 3. The number of hydrogen-bond acceptors (Lipinski definition) is 10. The number of nitrogens with zero attached hydrogens (tertiary/aromatic N) is 5. The number of benzene rings is 1. The molecule has 10 nitrogen and oxygen atoms in total. The number of aliphatic hydroxyl groups is 3.